The third-order valence-corrected chi connectivity index (χ3v) is 4.83. The number of nitrogens with zero attached hydrogens (tertiary/aromatic N) is 1. The van der Waals surface area contributed by atoms with Crippen molar-refractivity contribution in [1.29, 1.82) is 0 Å². The Hall–Kier alpha value is -0.550. The minimum absolute atomic E-state index is 0.104. The molecule has 0 aliphatic carbocycles. The van der Waals surface area contributed by atoms with Crippen LogP contribution >= 0.6 is 31.9 Å². The van der Waals surface area contributed by atoms with Gasteiger partial charge in [-0.3, -0.25) is 4.79 Å². The Morgan fingerprint density at radius 2 is 2.26 bits per heavy atom. The van der Waals surface area contributed by atoms with Gasteiger partial charge in [0.15, 0.2) is 0 Å². The fourth-order valence-corrected chi connectivity index (χ4v) is 3.61. The largest absolute Gasteiger partial charge is 0.496 e. The van der Waals surface area contributed by atoms with Gasteiger partial charge in [0.05, 0.1) is 11.6 Å². The van der Waals surface area contributed by atoms with E-state index in [4.69, 9.17) is 4.74 Å². The highest BCUT2D eigenvalue weighted by molar-refractivity contribution is 9.10. The number of ether oxygens (including phenoxy) is 1. The molecule has 1 aliphatic rings. The zero-order chi connectivity index (χ0) is 13.8. The van der Waals surface area contributed by atoms with Crippen LogP contribution in [0.4, 0.5) is 0 Å². The number of rotatable bonds is 3. The van der Waals surface area contributed by atoms with Gasteiger partial charge < -0.3 is 9.64 Å². The summed E-state index contributed by atoms with van der Waals surface area (Å²) in [6.45, 7) is 0.846. The van der Waals surface area contributed by atoms with Crippen LogP contribution in [0.3, 0.4) is 0 Å². The Morgan fingerprint density at radius 1 is 1.47 bits per heavy atom. The number of halogens is 2. The van der Waals surface area contributed by atoms with Gasteiger partial charge in [-0.05, 0) is 53.4 Å². The molecule has 0 radical (unpaired) electrons. The first-order valence-electron chi connectivity index (χ1n) is 6.38. The van der Waals surface area contributed by atoms with Crippen molar-refractivity contribution < 1.29 is 9.53 Å². The maximum absolute atomic E-state index is 12.6. The van der Waals surface area contributed by atoms with Crippen molar-refractivity contribution in [2.45, 2.75) is 25.3 Å². The van der Waals surface area contributed by atoms with Crippen LogP contribution in [0, 0.1) is 0 Å². The molecule has 0 bridgehead atoms. The van der Waals surface area contributed by atoms with Crippen LogP contribution in [0.25, 0.3) is 0 Å². The minimum Gasteiger partial charge on any atom is -0.496 e. The van der Waals surface area contributed by atoms with Crippen LogP contribution in [-0.4, -0.2) is 35.8 Å². The number of piperidine rings is 1. The Morgan fingerprint density at radius 3 is 2.89 bits per heavy atom. The number of alkyl halides is 1. The van der Waals surface area contributed by atoms with Gasteiger partial charge in [-0.25, -0.2) is 0 Å². The van der Waals surface area contributed by atoms with Gasteiger partial charge in [0.2, 0.25) is 0 Å². The highest BCUT2D eigenvalue weighted by atomic mass is 79.9. The standard InChI is InChI=1S/C14H17Br2NO2/c1-19-13-6-5-10(8-12(13)16)14(18)17-7-3-2-4-11(17)9-15/h5-6,8,11H,2-4,7,9H2,1H3. The van der Waals surface area contributed by atoms with E-state index >= 15 is 0 Å². The lowest BCUT2D eigenvalue weighted by Crippen LogP contribution is -2.44. The van der Waals surface area contributed by atoms with E-state index in [-0.39, 0.29) is 5.91 Å². The van der Waals surface area contributed by atoms with Crippen molar-refractivity contribution in [1.82, 2.24) is 4.90 Å². The molecule has 3 nitrogen and oxygen atoms in total. The topological polar surface area (TPSA) is 29.5 Å². The number of carbonyl (C=O) groups is 1. The van der Waals surface area contributed by atoms with E-state index in [0.29, 0.717) is 11.6 Å². The van der Waals surface area contributed by atoms with Gasteiger partial charge in [-0.2, -0.15) is 0 Å². The monoisotopic (exact) mass is 389 g/mol. The second kappa shape index (κ2) is 6.75. The number of hydrogen-bond acceptors (Lipinski definition) is 2. The maximum Gasteiger partial charge on any atom is 0.254 e. The smallest absolute Gasteiger partial charge is 0.254 e. The van der Waals surface area contributed by atoms with E-state index in [0.717, 1.165) is 34.9 Å². The minimum atomic E-state index is 0.104. The number of hydrogen-bond donors (Lipinski definition) is 0. The average Bonchev–Trinajstić information content (AvgIpc) is 2.46. The summed E-state index contributed by atoms with van der Waals surface area (Å²) in [5.74, 6) is 0.847. The van der Waals surface area contributed by atoms with Gasteiger partial charge in [-0.1, -0.05) is 15.9 Å². The molecule has 1 saturated heterocycles. The Kier molecular flexibility index (Phi) is 5.28. The van der Waals surface area contributed by atoms with Crippen LogP contribution in [0.5, 0.6) is 5.75 Å². The molecule has 0 aromatic heterocycles. The summed E-state index contributed by atoms with van der Waals surface area (Å²) in [6, 6.07) is 5.79. The lowest BCUT2D eigenvalue weighted by molar-refractivity contribution is 0.0642. The summed E-state index contributed by atoms with van der Waals surface area (Å²) < 4.78 is 6.00. The Balaban J connectivity index is 2.20. The van der Waals surface area contributed by atoms with E-state index in [1.807, 2.05) is 23.1 Å². The first-order valence-corrected chi connectivity index (χ1v) is 8.29. The molecule has 5 heteroatoms. The molecule has 1 atom stereocenters. The molecule has 1 heterocycles. The second-order valence-corrected chi connectivity index (χ2v) is 6.15. The van der Waals surface area contributed by atoms with Crippen molar-refractivity contribution in [3.8, 4) is 5.75 Å². The number of benzene rings is 1. The fraction of sp³-hybridized carbons (Fsp3) is 0.500. The molecule has 1 aliphatic heterocycles. The van der Waals surface area contributed by atoms with Crippen LogP contribution in [0.2, 0.25) is 0 Å². The first kappa shape index (κ1) is 14.9. The normalized spacial score (nSPS) is 19.3. The summed E-state index contributed by atoms with van der Waals surface area (Å²) >= 11 is 6.93. The molecule has 0 spiro atoms. The summed E-state index contributed by atoms with van der Waals surface area (Å²) in [5.41, 5.74) is 0.709. The number of likely N-dealkylation sites (tertiary alicyclic amines) is 1. The van der Waals surface area contributed by atoms with Gasteiger partial charge in [0.1, 0.15) is 5.75 Å². The average molecular weight is 391 g/mol. The van der Waals surface area contributed by atoms with Gasteiger partial charge in [-0.15, -0.1) is 0 Å². The molecule has 1 unspecified atom stereocenters. The molecular formula is C14H17Br2NO2. The zero-order valence-electron chi connectivity index (χ0n) is 10.9. The van der Waals surface area contributed by atoms with E-state index in [1.165, 1.54) is 6.42 Å². The number of carbonyl (C=O) groups excluding carboxylic acids is 1. The highest BCUT2D eigenvalue weighted by Gasteiger charge is 2.26. The first-order chi connectivity index (χ1) is 9.17. The van der Waals surface area contributed by atoms with Crippen molar-refractivity contribution in [3.05, 3.63) is 28.2 Å². The Labute approximate surface area is 130 Å². The molecule has 104 valence electrons. The highest BCUT2D eigenvalue weighted by Crippen LogP contribution is 2.27. The van der Waals surface area contributed by atoms with Crippen LogP contribution < -0.4 is 4.74 Å². The lowest BCUT2D eigenvalue weighted by atomic mass is 10.0. The van der Waals surface area contributed by atoms with Crippen molar-refractivity contribution in [2.24, 2.45) is 0 Å². The predicted octanol–water partition coefficient (Wildman–Crippen LogP) is 3.85. The van der Waals surface area contributed by atoms with E-state index in [1.54, 1.807) is 7.11 Å². The van der Waals surface area contributed by atoms with Crippen molar-refractivity contribution in [2.75, 3.05) is 19.0 Å². The molecule has 1 fully saturated rings. The fourth-order valence-electron chi connectivity index (χ4n) is 2.39. The van der Waals surface area contributed by atoms with Gasteiger partial charge in [0, 0.05) is 23.5 Å². The lowest BCUT2D eigenvalue weighted by Gasteiger charge is -2.34. The maximum atomic E-state index is 12.6. The van der Waals surface area contributed by atoms with Gasteiger partial charge >= 0.3 is 0 Å². The van der Waals surface area contributed by atoms with E-state index in [9.17, 15) is 4.79 Å². The summed E-state index contributed by atoms with van der Waals surface area (Å²) in [7, 11) is 1.62. The molecule has 1 amide bonds. The molecule has 19 heavy (non-hydrogen) atoms. The predicted molar refractivity (Wildman–Crippen MR) is 83.2 cm³/mol. The summed E-state index contributed by atoms with van der Waals surface area (Å²) in [4.78, 5) is 14.5. The quantitative estimate of drug-likeness (QED) is 0.733. The number of amides is 1. The molecule has 0 N–H and O–H groups in total. The Bertz CT molecular complexity index is 465. The SMILES string of the molecule is COc1ccc(C(=O)N2CCCCC2CBr)cc1Br. The molecular weight excluding hydrogens is 374 g/mol. The van der Waals surface area contributed by atoms with E-state index < -0.39 is 0 Å². The third-order valence-electron chi connectivity index (χ3n) is 3.46. The summed E-state index contributed by atoms with van der Waals surface area (Å²) in [6.07, 6.45) is 3.37. The summed E-state index contributed by atoms with van der Waals surface area (Å²) in [5, 5.41) is 0.843. The van der Waals surface area contributed by atoms with Gasteiger partial charge in [0.25, 0.3) is 5.91 Å². The third kappa shape index (κ3) is 3.31. The zero-order valence-corrected chi connectivity index (χ0v) is 14.0. The van der Waals surface area contributed by atoms with Crippen molar-refractivity contribution >= 4 is 37.8 Å². The number of methoxy groups -OCH3 is 1. The second-order valence-electron chi connectivity index (χ2n) is 4.65. The molecule has 0 saturated carbocycles. The van der Waals surface area contributed by atoms with Crippen LogP contribution in [0.1, 0.15) is 29.6 Å². The van der Waals surface area contributed by atoms with E-state index in [2.05, 4.69) is 31.9 Å². The molecule has 1 aromatic rings. The van der Waals surface area contributed by atoms with Crippen LogP contribution in [-0.2, 0) is 0 Å². The molecule has 2 rings (SSSR count). The van der Waals surface area contributed by atoms with Crippen molar-refractivity contribution in [3.63, 3.8) is 0 Å². The van der Waals surface area contributed by atoms with Crippen LogP contribution in [0.15, 0.2) is 22.7 Å². The molecule has 1 aromatic carbocycles.